The first-order valence-electron chi connectivity index (χ1n) is 5.33. The van der Waals surface area contributed by atoms with Crippen LogP contribution in [0.2, 0.25) is 0 Å². The summed E-state index contributed by atoms with van der Waals surface area (Å²) in [6.07, 6.45) is 1.53. The van der Waals surface area contributed by atoms with Crippen LogP contribution < -0.4 is 0 Å². The average Bonchev–Trinajstić information content (AvgIpc) is 2.29. The number of piperidine rings is 1. The first-order valence-corrected chi connectivity index (χ1v) is 5.33. The topological polar surface area (TPSA) is 56.1 Å². The van der Waals surface area contributed by atoms with Crippen molar-refractivity contribution in [2.24, 2.45) is 5.16 Å². The molecular weight excluding hydrogens is 194 g/mol. The van der Waals surface area contributed by atoms with Crippen molar-refractivity contribution in [3.8, 4) is 0 Å². The van der Waals surface area contributed by atoms with Gasteiger partial charge >= 0.3 is 0 Å². The molecule has 86 valence electrons. The molecule has 0 unspecified atom stereocenters. The number of hydrogen-bond donors (Lipinski definition) is 1. The van der Waals surface area contributed by atoms with E-state index in [2.05, 4.69) is 10.1 Å². The molecule has 1 heterocycles. The molecule has 5 nitrogen and oxygen atoms in total. The molecule has 1 N–H and O–H groups in total. The van der Waals surface area contributed by atoms with Crippen molar-refractivity contribution >= 4 is 11.6 Å². The van der Waals surface area contributed by atoms with Crippen molar-refractivity contribution in [2.45, 2.75) is 19.8 Å². The zero-order chi connectivity index (χ0) is 11.3. The van der Waals surface area contributed by atoms with Crippen molar-refractivity contribution in [1.29, 1.82) is 0 Å². The Hall–Kier alpha value is -1.10. The normalized spacial score (nSPS) is 17.6. The molecule has 1 amide bonds. The lowest BCUT2D eigenvalue weighted by Gasteiger charge is -2.27. The molecule has 0 aliphatic carbocycles. The van der Waals surface area contributed by atoms with Gasteiger partial charge in [0, 0.05) is 39.5 Å². The molecule has 0 atom stereocenters. The van der Waals surface area contributed by atoms with Gasteiger partial charge in [0.2, 0.25) is 5.91 Å². The third-order valence-electron chi connectivity index (χ3n) is 2.83. The van der Waals surface area contributed by atoms with Crippen LogP contribution in [-0.2, 0) is 4.79 Å². The molecule has 1 fully saturated rings. The fourth-order valence-corrected chi connectivity index (χ4v) is 1.56. The summed E-state index contributed by atoms with van der Waals surface area (Å²) in [7, 11) is 1.81. The summed E-state index contributed by atoms with van der Waals surface area (Å²) in [5.74, 6) is 0.155. The van der Waals surface area contributed by atoms with Crippen LogP contribution in [0.1, 0.15) is 19.8 Å². The van der Waals surface area contributed by atoms with Crippen LogP contribution in [0, 0.1) is 0 Å². The van der Waals surface area contributed by atoms with Crippen molar-refractivity contribution in [3.05, 3.63) is 0 Å². The van der Waals surface area contributed by atoms with Crippen LogP contribution in [0.5, 0.6) is 0 Å². The lowest BCUT2D eigenvalue weighted by molar-refractivity contribution is -0.130. The number of oxime groups is 1. The predicted molar refractivity (Wildman–Crippen MR) is 58.2 cm³/mol. The molecule has 1 aliphatic heterocycles. The molecular formula is C10H19N3O2. The van der Waals surface area contributed by atoms with E-state index in [4.69, 9.17) is 5.21 Å². The Morgan fingerprint density at radius 2 is 2.13 bits per heavy atom. The molecule has 0 aromatic rings. The van der Waals surface area contributed by atoms with Crippen LogP contribution in [0.15, 0.2) is 5.16 Å². The highest BCUT2D eigenvalue weighted by Crippen LogP contribution is 2.07. The number of nitrogens with zero attached hydrogens (tertiary/aromatic N) is 3. The van der Waals surface area contributed by atoms with Crippen molar-refractivity contribution < 1.29 is 10.0 Å². The van der Waals surface area contributed by atoms with E-state index in [-0.39, 0.29) is 5.91 Å². The molecule has 0 aromatic carbocycles. The van der Waals surface area contributed by atoms with Crippen LogP contribution in [-0.4, -0.2) is 59.9 Å². The summed E-state index contributed by atoms with van der Waals surface area (Å²) in [5.41, 5.74) is 0.836. The fraction of sp³-hybridized carbons (Fsp3) is 0.800. The van der Waals surface area contributed by atoms with E-state index in [1.165, 1.54) is 0 Å². The fourth-order valence-electron chi connectivity index (χ4n) is 1.56. The number of hydrogen-bond acceptors (Lipinski definition) is 4. The Balaban J connectivity index is 2.32. The van der Waals surface area contributed by atoms with Crippen LogP contribution in [0.25, 0.3) is 0 Å². The van der Waals surface area contributed by atoms with Crippen molar-refractivity contribution in [3.63, 3.8) is 0 Å². The maximum absolute atomic E-state index is 11.6. The Labute approximate surface area is 90.3 Å². The molecule has 1 aliphatic rings. The zero-order valence-corrected chi connectivity index (χ0v) is 9.44. The Bertz CT molecular complexity index is 243. The second kappa shape index (κ2) is 5.70. The minimum absolute atomic E-state index is 0.155. The molecule has 1 rings (SSSR count). The molecule has 0 spiro atoms. The van der Waals surface area contributed by atoms with E-state index < -0.39 is 0 Å². The summed E-state index contributed by atoms with van der Waals surface area (Å²) in [4.78, 5) is 15.4. The Morgan fingerprint density at radius 1 is 1.53 bits per heavy atom. The van der Waals surface area contributed by atoms with Gasteiger partial charge in [-0.25, -0.2) is 0 Å². The van der Waals surface area contributed by atoms with Gasteiger partial charge in [-0.15, -0.1) is 0 Å². The van der Waals surface area contributed by atoms with E-state index in [1.54, 1.807) is 4.90 Å². The molecule has 0 radical (unpaired) electrons. The van der Waals surface area contributed by atoms with Gasteiger partial charge in [0.05, 0.1) is 12.3 Å². The van der Waals surface area contributed by atoms with Gasteiger partial charge in [0.25, 0.3) is 0 Å². The minimum Gasteiger partial charge on any atom is -0.411 e. The van der Waals surface area contributed by atoms with Crippen molar-refractivity contribution in [2.75, 3.05) is 33.2 Å². The molecule has 0 bridgehead atoms. The van der Waals surface area contributed by atoms with Gasteiger partial charge in [-0.05, 0) is 6.92 Å². The van der Waals surface area contributed by atoms with Crippen LogP contribution in [0.4, 0.5) is 0 Å². The van der Waals surface area contributed by atoms with E-state index in [0.717, 1.165) is 38.2 Å². The SMILES string of the molecule is CCN(C)C(=O)CN1CCC(=NO)CC1. The number of carbonyl (C=O) groups is 1. The first-order chi connectivity index (χ1) is 7.17. The van der Waals surface area contributed by atoms with Gasteiger partial charge in [0.1, 0.15) is 0 Å². The summed E-state index contributed by atoms with van der Waals surface area (Å²) < 4.78 is 0. The summed E-state index contributed by atoms with van der Waals surface area (Å²) in [6, 6.07) is 0. The second-order valence-corrected chi connectivity index (χ2v) is 3.85. The first kappa shape index (κ1) is 12.0. The van der Waals surface area contributed by atoms with Gasteiger partial charge in [0.15, 0.2) is 0 Å². The van der Waals surface area contributed by atoms with E-state index in [1.807, 2.05) is 14.0 Å². The smallest absolute Gasteiger partial charge is 0.236 e. The lowest BCUT2D eigenvalue weighted by Crippen LogP contribution is -2.42. The molecule has 1 saturated heterocycles. The maximum atomic E-state index is 11.6. The monoisotopic (exact) mass is 213 g/mol. The molecule has 15 heavy (non-hydrogen) atoms. The number of amides is 1. The van der Waals surface area contributed by atoms with E-state index in [0.29, 0.717) is 6.54 Å². The molecule has 5 heteroatoms. The van der Waals surface area contributed by atoms with Gasteiger partial charge in [-0.3, -0.25) is 9.69 Å². The molecule has 0 saturated carbocycles. The lowest BCUT2D eigenvalue weighted by atomic mass is 10.1. The average molecular weight is 213 g/mol. The zero-order valence-electron chi connectivity index (χ0n) is 9.44. The highest BCUT2D eigenvalue weighted by atomic mass is 16.4. The summed E-state index contributed by atoms with van der Waals surface area (Å²) in [5, 5.41) is 11.8. The van der Waals surface area contributed by atoms with Crippen molar-refractivity contribution in [1.82, 2.24) is 9.80 Å². The third-order valence-corrected chi connectivity index (χ3v) is 2.83. The quantitative estimate of drug-likeness (QED) is 0.545. The minimum atomic E-state index is 0.155. The third kappa shape index (κ3) is 3.51. The Kier molecular flexibility index (Phi) is 4.55. The molecule has 0 aromatic heterocycles. The summed E-state index contributed by atoms with van der Waals surface area (Å²) in [6.45, 7) is 4.80. The van der Waals surface area contributed by atoms with Gasteiger partial charge in [-0.1, -0.05) is 5.16 Å². The van der Waals surface area contributed by atoms with Crippen LogP contribution in [0.3, 0.4) is 0 Å². The predicted octanol–water partition coefficient (Wildman–Crippen LogP) is 0.391. The number of likely N-dealkylation sites (N-methyl/N-ethyl adjacent to an activating group) is 1. The van der Waals surface area contributed by atoms with Gasteiger partial charge < -0.3 is 10.1 Å². The highest BCUT2D eigenvalue weighted by molar-refractivity contribution is 5.85. The standard InChI is InChI=1S/C10H19N3O2/c1-3-12(2)10(14)8-13-6-4-9(11-15)5-7-13/h15H,3-8H2,1-2H3. The number of likely N-dealkylation sites (tertiary alicyclic amines) is 1. The van der Waals surface area contributed by atoms with E-state index >= 15 is 0 Å². The number of carbonyl (C=O) groups excluding carboxylic acids is 1. The highest BCUT2D eigenvalue weighted by Gasteiger charge is 2.18. The van der Waals surface area contributed by atoms with E-state index in [9.17, 15) is 4.79 Å². The van der Waals surface area contributed by atoms with Crippen LogP contribution >= 0.6 is 0 Å². The second-order valence-electron chi connectivity index (χ2n) is 3.85. The number of rotatable bonds is 3. The summed E-state index contributed by atoms with van der Waals surface area (Å²) >= 11 is 0. The van der Waals surface area contributed by atoms with Gasteiger partial charge in [-0.2, -0.15) is 0 Å². The Morgan fingerprint density at radius 3 is 2.60 bits per heavy atom. The maximum Gasteiger partial charge on any atom is 0.236 e. The largest absolute Gasteiger partial charge is 0.411 e.